The molecule has 0 fully saturated rings. The Morgan fingerprint density at radius 3 is 0.750 bits per heavy atom. The molecule has 3 aliphatic heterocycles. The van der Waals surface area contributed by atoms with Crippen LogP contribution in [0, 0.1) is 0 Å². The van der Waals surface area contributed by atoms with Crippen molar-refractivity contribution in [1.82, 2.24) is 28.7 Å². The zero-order valence-corrected chi connectivity index (χ0v) is 63.9. The minimum Gasteiger partial charge on any atom is -0.309 e. The third-order valence-electron chi connectivity index (χ3n) is 24.5. The summed E-state index contributed by atoms with van der Waals surface area (Å²) in [4.78, 5) is 16.7. The predicted octanol–water partition coefficient (Wildman–Crippen LogP) is 21.6. The van der Waals surface area contributed by atoms with E-state index in [1.165, 1.54) is 130 Å². The highest BCUT2D eigenvalue weighted by Gasteiger charge is 2.40. The first-order valence-corrected chi connectivity index (χ1v) is 46.7. The lowest BCUT2D eigenvalue weighted by molar-refractivity contribution is 1.07. The first kappa shape index (κ1) is 62.7. The molecule has 9 heteroatoms. The van der Waals surface area contributed by atoms with E-state index in [-0.39, 0.29) is 0 Å². The quantitative estimate of drug-likeness (QED) is 0.135. The van der Waals surface area contributed by atoms with Gasteiger partial charge in [-0.15, -0.1) is 0 Å². The maximum Gasteiger partial charge on any atom is 0.164 e. The topological polar surface area (TPSA) is 53.5 Å². The van der Waals surface area contributed by atoms with Crippen molar-refractivity contribution in [3.05, 3.63) is 328 Å². The van der Waals surface area contributed by atoms with Crippen LogP contribution in [-0.4, -0.2) is 52.9 Å². The zero-order chi connectivity index (χ0) is 72.1. The van der Waals surface area contributed by atoms with Gasteiger partial charge in [-0.25, -0.2) is 15.0 Å². The van der Waals surface area contributed by atoms with E-state index >= 15 is 0 Å². The van der Waals surface area contributed by atoms with Gasteiger partial charge in [0.05, 0.1) is 33.1 Å². The van der Waals surface area contributed by atoms with Gasteiger partial charge in [0, 0.05) is 66.1 Å². The fourth-order valence-electron chi connectivity index (χ4n) is 19.1. The maximum atomic E-state index is 5.56. The SMILES string of the molecule is C[Si]1(C)c2ccccc2-c2cc(-c3ccc4c(c3)c3ccccc3n4-c3cccc(-c4nc(-c5cccc(-n6c7ccccc7c7cc(-c8ccc9c(c8)-c8ccccc8[Si]9(C)C)ccc76)c5)nc(-c5cccc(-n6c7ccccc7c7cc(-c8ccc9c(c8)-c8ccccc8[Si]9(C)C)ccc76)c5)n4)c3)ccc21. The molecule has 0 bridgehead atoms. The normalized spacial score (nSPS) is 14.1. The molecule has 22 rings (SSSR count). The van der Waals surface area contributed by atoms with Crippen molar-refractivity contribution in [3.63, 3.8) is 0 Å². The molecule has 0 saturated heterocycles. The molecular formula is C99H72N6Si3. The van der Waals surface area contributed by atoms with Gasteiger partial charge in [0.15, 0.2) is 17.5 Å². The highest BCUT2D eigenvalue weighted by atomic mass is 28.3. The van der Waals surface area contributed by atoms with Crippen molar-refractivity contribution >= 4 is 121 Å². The Kier molecular flexibility index (Phi) is 13.5. The van der Waals surface area contributed by atoms with Crippen LogP contribution < -0.4 is 31.1 Å². The summed E-state index contributed by atoms with van der Waals surface area (Å²) in [6.07, 6.45) is 0. The van der Waals surface area contributed by atoms with Gasteiger partial charge in [-0.2, -0.15) is 0 Å². The van der Waals surface area contributed by atoms with Crippen molar-refractivity contribution < 1.29 is 0 Å². The van der Waals surface area contributed by atoms with E-state index in [9.17, 15) is 0 Å². The highest BCUT2D eigenvalue weighted by Crippen LogP contribution is 2.43. The molecule has 7 heterocycles. The Balaban J connectivity index is 0.679. The van der Waals surface area contributed by atoms with Crippen molar-refractivity contribution in [3.8, 4) is 118 Å². The van der Waals surface area contributed by atoms with Crippen molar-refractivity contribution in [2.24, 2.45) is 0 Å². The number of hydrogen-bond donors (Lipinski definition) is 0. The van der Waals surface area contributed by atoms with Crippen molar-refractivity contribution in [1.29, 1.82) is 0 Å². The summed E-state index contributed by atoms with van der Waals surface area (Å²) in [6, 6.07) is 123. The Morgan fingerprint density at radius 1 is 0.185 bits per heavy atom. The smallest absolute Gasteiger partial charge is 0.164 e. The lowest BCUT2D eigenvalue weighted by Crippen LogP contribution is -2.49. The lowest BCUT2D eigenvalue weighted by Gasteiger charge is -2.18. The van der Waals surface area contributed by atoms with Gasteiger partial charge in [-0.1, -0.05) is 258 Å². The molecule has 3 aliphatic rings. The molecule has 108 heavy (non-hydrogen) atoms. The molecule has 0 unspecified atom stereocenters. The second-order valence-corrected chi connectivity index (χ2v) is 44.5. The van der Waals surface area contributed by atoms with Gasteiger partial charge >= 0.3 is 0 Å². The number of rotatable bonds is 9. The van der Waals surface area contributed by atoms with Crippen LogP contribution >= 0.6 is 0 Å². The minimum atomic E-state index is -1.81. The van der Waals surface area contributed by atoms with E-state index in [1.54, 1.807) is 0 Å². The maximum absolute atomic E-state index is 5.56. The molecule has 4 aromatic heterocycles. The third kappa shape index (κ3) is 9.25. The number of para-hydroxylation sites is 3. The van der Waals surface area contributed by atoms with Crippen LogP contribution in [0.25, 0.3) is 183 Å². The minimum absolute atomic E-state index is 0.579. The van der Waals surface area contributed by atoms with Crippen LogP contribution in [0.4, 0.5) is 0 Å². The van der Waals surface area contributed by atoms with Gasteiger partial charge in [0.1, 0.15) is 24.2 Å². The van der Waals surface area contributed by atoms with Crippen molar-refractivity contribution in [2.45, 2.75) is 39.3 Å². The summed E-state index contributed by atoms with van der Waals surface area (Å²) < 4.78 is 7.22. The Morgan fingerprint density at radius 2 is 0.435 bits per heavy atom. The van der Waals surface area contributed by atoms with E-state index in [4.69, 9.17) is 15.0 Å². The number of hydrogen-bond acceptors (Lipinski definition) is 3. The molecule has 0 radical (unpaired) electrons. The largest absolute Gasteiger partial charge is 0.309 e. The third-order valence-corrected chi connectivity index (χ3v) is 35.2. The summed E-state index contributed by atoms with van der Waals surface area (Å²) >= 11 is 0. The molecule has 0 spiro atoms. The Bertz CT molecular complexity index is 6440. The predicted molar refractivity (Wildman–Crippen MR) is 462 cm³/mol. The van der Waals surface area contributed by atoms with Gasteiger partial charge in [0.2, 0.25) is 0 Å². The van der Waals surface area contributed by atoms with E-state index in [1.807, 2.05) is 0 Å². The van der Waals surface area contributed by atoms with Crippen LogP contribution in [0.1, 0.15) is 0 Å². The second kappa shape index (κ2) is 23.2. The van der Waals surface area contributed by atoms with Gasteiger partial charge in [0.25, 0.3) is 0 Å². The fraction of sp³-hybridized carbons (Fsp3) is 0.0606. The molecule has 0 amide bonds. The van der Waals surface area contributed by atoms with E-state index in [0.717, 1.165) is 66.9 Å². The van der Waals surface area contributed by atoms with Crippen molar-refractivity contribution in [2.75, 3.05) is 0 Å². The summed E-state index contributed by atoms with van der Waals surface area (Å²) in [7, 11) is -5.42. The molecule has 0 aliphatic carbocycles. The average molecular weight is 1430 g/mol. The van der Waals surface area contributed by atoms with Gasteiger partial charge < -0.3 is 13.7 Å². The lowest BCUT2D eigenvalue weighted by atomic mass is 9.98. The van der Waals surface area contributed by atoms with Crippen LogP contribution in [-0.2, 0) is 0 Å². The fourth-order valence-corrected chi connectivity index (χ4v) is 28.3. The average Bonchev–Trinajstić information content (AvgIpc) is 1.59. The number of nitrogens with zero attached hydrogens (tertiary/aromatic N) is 6. The summed E-state index contributed by atoms with van der Waals surface area (Å²) in [5, 5.41) is 16.3. The number of aromatic nitrogens is 6. The van der Waals surface area contributed by atoms with E-state index < -0.39 is 24.2 Å². The molecule has 0 N–H and O–H groups in total. The summed E-state index contributed by atoms with van der Waals surface area (Å²) in [5.74, 6) is 1.74. The van der Waals surface area contributed by atoms with Gasteiger partial charge in [-0.05, 0) is 207 Å². The van der Waals surface area contributed by atoms with Crippen LogP contribution in [0.2, 0.25) is 39.3 Å². The standard InChI is InChI=1S/C99H72N6Si3/c1-106(2)91-37-16-10-31-76(91)82-58-64(43-49-94(82)106)61-40-46-88-79(55-61)73-28-7-13-34-85(73)103(88)70-25-19-22-67(52-70)97-100-98(68-23-20-26-71(53-68)104-86-35-14-8-29-74(86)80-56-62(41-47-89(80)104)65-44-50-95-83(59-65)77-32-11-17-38-92(77)107(95,3)4)102-99(101-97)69-24-21-27-72(54-69)105-87-36-15-9-30-75(87)81-57-63(42-48-90(81)105)66-45-51-96-84(60-66)78-33-12-18-39-93(78)108(96,5)6/h7-60H,1-6H3. The van der Waals surface area contributed by atoms with Crippen LogP contribution in [0.5, 0.6) is 0 Å². The highest BCUT2D eigenvalue weighted by molar-refractivity contribution is 7.05. The summed E-state index contributed by atoms with van der Waals surface area (Å²) in [6.45, 7) is 14.9. The number of benzene rings is 15. The van der Waals surface area contributed by atoms with E-state index in [2.05, 4.69) is 381 Å². The first-order valence-electron chi connectivity index (χ1n) is 37.7. The second-order valence-electron chi connectivity index (χ2n) is 31.5. The molecule has 510 valence electrons. The zero-order valence-electron chi connectivity index (χ0n) is 60.9. The van der Waals surface area contributed by atoms with Gasteiger partial charge in [-0.3, -0.25) is 0 Å². The van der Waals surface area contributed by atoms with Crippen LogP contribution in [0.15, 0.2) is 328 Å². The molecule has 15 aromatic carbocycles. The first-order chi connectivity index (χ1) is 52.8. The van der Waals surface area contributed by atoms with Crippen LogP contribution in [0.3, 0.4) is 0 Å². The Hall–Kier alpha value is -12.6. The monoisotopic (exact) mass is 1430 g/mol. The molecule has 6 nitrogen and oxygen atoms in total. The molecule has 19 aromatic rings. The summed E-state index contributed by atoms with van der Waals surface area (Å²) in [5.41, 5.74) is 28.1. The molecule has 0 saturated carbocycles. The molecule has 0 atom stereocenters. The van der Waals surface area contributed by atoms with E-state index in [0.29, 0.717) is 17.5 Å². The molecular weight excluding hydrogens is 1360 g/mol. The Labute approximate surface area is 629 Å². The number of fused-ring (bicyclic) bond motifs is 18.